The third kappa shape index (κ3) is 9.16. The normalized spacial score (nSPS) is 19.7. The zero-order valence-electron chi connectivity index (χ0n) is 32.4. The van der Waals surface area contributed by atoms with E-state index in [4.69, 9.17) is 9.16 Å². The molecule has 0 bridgehead atoms. The van der Waals surface area contributed by atoms with Crippen LogP contribution in [0.5, 0.6) is 0 Å². The first-order valence-electron chi connectivity index (χ1n) is 18.1. The number of hydrogen-bond donors (Lipinski definition) is 0. The lowest BCUT2D eigenvalue weighted by molar-refractivity contribution is -0.249. The fourth-order valence-corrected chi connectivity index (χ4v) is 7.55. The summed E-state index contributed by atoms with van der Waals surface area (Å²) in [6, 6.07) is 20.3. The van der Waals surface area contributed by atoms with E-state index in [2.05, 4.69) is 96.0 Å². The van der Waals surface area contributed by atoms with Crippen LogP contribution in [0.1, 0.15) is 65.5 Å². The number of anilines is 1. The highest BCUT2D eigenvalue weighted by Gasteiger charge is 2.65. The van der Waals surface area contributed by atoms with Crippen molar-refractivity contribution < 1.29 is 22.3 Å². The van der Waals surface area contributed by atoms with Gasteiger partial charge in [0, 0.05) is 29.9 Å². The first-order chi connectivity index (χ1) is 25.3. The number of benzene rings is 2. The minimum atomic E-state index is -5.04. The van der Waals surface area contributed by atoms with Gasteiger partial charge in [0.2, 0.25) is 0 Å². The summed E-state index contributed by atoms with van der Waals surface area (Å²) >= 11 is 0. The second-order valence-corrected chi connectivity index (χ2v) is 20.7. The Morgan fingerprint density at radius 2 is 1.59 bits per heavy atom. The van der Waals surface area contributed by atoms with Gasteiger partial charge in [0.1, 0.15) is 23.8 Å². The number of likely N-dealkylation sites (N-methyl/N-ethyl adjacent to an activating group) is 1. The third-order valence-corrected chi connectivity index (χ3v) is 14.9. The topological polar surface area (TPSA) is 93.1 Å². The molecule has 1 aliphatic carbocycles. The summed E-state index contributed by atoms with van der Waals surface area (Å²) < 4.78 is 57.3. The Morgan fingerprint density at radius 3 is 2.15 bits per heavy atom. The van der Waals surface area contributed by atoms with Crippen LogP contribution in [0.3, 0.4) is 0 Å². The maximum Gasteiger partial charge on any atom is 0.437 e. The Hall–Kier alpha value is -5.08. The molecule has 0 N–H and O–H groups in total. The van der Waals surface area contributed by atoms with Crippen LogP contribution in [-0.2, 0) is 14.8 Å². The average Bonchev–Trinajstić information content (AvgIpc) is 3.44. The molecule has 4 rings (SSSR count). The van der Waals surface area contributed by atoms with E-state index < -0.39 is 42.6 Å². The second kappa shape index (κ2) is 16.5. The molecule has 282 valence electrons. The molecule has 2 aromatic rings. The highest BCUT2D eigenvalue weighted by molar-refractivity contribution is 6.74. The second-order valence-electron chi connectivity index (χ2n) is 15.9. The fraction of sp³-hybridized carbons (Fsp3) is 0.386. The summed E-state index contributed by atoms with van der Waals surface area (Å²) in [7, 11) is -1.82. The van der Waals surface area contributed by atoms with Crippen LogP contribution in [0.4, 0.5) is 18.9 Å². The highest BCUT2D eigenvalue weighted by Crippen LogP contribution is 2.56. The van der Waals surface area contributed by atoms with Gasteiger partial charge in [-0.15, -0.1) is 0 Å². The first-order valence-corrected chi connectivity index (χ1v) is 21.0. The van der Waals surface area contributed by atoms with Gasteiger partial charge in [-0.3, -0.25) is 0 Å². The molecule has 1 unspecified atom stereocenters. The van der Waals surface area contributed by atoms with Crippen molar-refractivity contribution in [2.75, 3.05) is 24.6 Å². The van der Waals surface area contributed by atoms with Crippen LogP contribution in [0, 0.1) is 39.4 Å². The maximum atomic E-state index is 15.1. The Bertz CT molecular complexity index is 1990. The molecule has 1 heterocycles. The summed E-state index contributed by atoms with van der Waals surface area (Å²) in [5.74, 6) is -0.687. The quantitative estimate of drug-likeness (QED) is 0.168. The van der Waals surface area contributed by atoms with E-state index in [-0.39, 0.29) is 16.0 Å². The van der Waals surface area contributed by atoms with E-state index in [0.29, 0.717) is 13.0 Å². The highest BCUT2D eigenvalue weighted by atomic mass is 28.4. The molecule has 1 atom stereocenters. The largest absolute Gasteiger partial charge is 0.465 e. The van der Waals surface area contributed by atoms with E-state index in [0.717, 1.165) is 41.9 Å². The monoisotopic (exact) mass is 750 g/mol. The lowest BCUT2D eigenvalue weighted by Gasteiger charge is -2.37. The van der Waals surface area contributed by atoms with Gasteiger partial charge in [0.15, 0.2) is 19.6 Å². The molecule has 0 fully saturated rings. The van der Waals surface area contributed by atoms with Crippen LogP contribution in [0.2, 0.25) is 18.1 Å². The molecule has 1 aliphatic heterocycles. The zero-order chi connectivity index (χ0) is 40.0. The predicted octanol–water partition coefficient (Wildman–Crippen LogP) is 11.4. The van der Waals surface area contributed by atoms with Crippen LogP contribution >= 0.6 is 0 Å². The Morgan fingerprint density at radius 1 is 0.944 bits per heavy atom. The summed E-state index contributed by atoms with van der Waals surface area (Å²) in [5, 5.41) is 29.2. The summed E-state index contributed by atoms with van der Waals surface area (Å²) in [6.45, 7) is 20.1. The van der Waals surface area contributed by atoms with Crippen molar-refractivity contribution in [2.24, 2.45) is 5.41 Å². The van der Waals surface area contributed by atoms with Crippen LogP contribution < -0.4 is 4.90 Å². The number of halogens is 3. The van der Waals surface area contributed by atoms with Crippen molar-refractivity contribution in [2.45, 2.75) is 84.3 Å². The summed E-state index contributed by atoms with van der Waals surface area (Å²) in [4.78, 5) is 2.31. The number of hydrogen-bond acceptors (Lipinski definition) is 6. The van der Waals surface area contributed by atoms with Gasteiger partial charge < -0.3 is 14.1 Å². The predicted molar refractivity (Wildman–Crippen MR) is 211 cm³/mol. The number of rotatable bonds is 11. The van der Waals surface area contributed by atoms with E-state index in [1.807, 2.05) is 6.08 Å². The molecule has 10 heteroatoms. The van der Waals surface area contributed by atoms with E-state index in [9.17, 15) is 15.8 Å². The number of alkyl halides is 3. The van der Waals surface area contributed by atoms with Crippen molar-refractivity contribution in [3.8, 4) is 18.2 Å². The molecule has 0 radical (unpaired) electrons. The van der Waals surface area contributed by atoms with Crippen LogP contribution in [0.15, 0.2) is 119 Å². The summed E-state index contributed by atoms with van der Waals surface area (Å²) in [5.41, 5.74) is -1.07. The molecule has 2 aromatic carbocycles. The van der Waals surface area contributed by atoms with Gasteiger partial charge in [-0.2, -0.15) is 29.0 Å². The molecule has 0 aromatic heterocycles. The Labute approximate surface area is 319 Å². The Balaban J connectivity index is 1.62. The molecule has 2 aliphatic rings. The van der Waals surface area contributed by atoms with Crippen molar-refractivity contribution in [3.05, 3.63) is 130 Å². The maximum absolute atomic E-state index is 15.1. The van der Waals surface area contributed by atoms with Gasteiger partial charge in [-0.1, -0.05) is 114 Å². The minimum absolute atomic E-state index is 0.121. The average molecular weight is 751 g/mol. The number of ether oxygens (including phenoxy) is 1. The van der Waals surface area contributed by atoms with Gasteiger partial charge >= 0.3 is 6.18 Å². The molecule has 54 heavy (non-hydrogen) atoms. The van der Waals surface area contributed by atoms with E-state index >= 15 is 13.2 Å². The van der Waals surface area contributed by atoms with Gasteiger partial charge in [0.25, 0.3) is 5.60 Å². The molecule has 0 amide bonds. The molecule has 0 saturated heterocycles. The number of allylic oxidation sites excluding steroid dienone is 8. The van der Waals surface area contributed by atoms with Crippen molar-refractivity contribution in [3.63, 3.8) is 0 Å². The fourth-order valence-electron chi connectivity index (χ4n) is 6.52. The van der Waals surface area contributed by atoms with Gasteiger partial charge in [0.05, 0.1) is 6.61 Å². The lowest BCUT2D eigenvalue weighted by atomic mass is 9.75. The zero-order valence-corrected chi connectivity index (χ0v) is 33.4. The lowest BCUT2D eigenvalue weighted by Crippen LogP contribution is -2.43. The smallest absolute Gasteiger partial charge is 0.437 e. The molecule has 0 spiro atoms. The van der Waals surface area contributed by atoms with Crippen LogP contribution in [0.25, 0.3) is 6.08 Å². The molecule has 6 nitrogen and oxygen atoms in total. The number of nitrogens with zero attached hydrogens (tertiary/aromatic N) is 4. The Kier molecular flexibility index (Phi) is 12.7. The van der Waals surface area contributed by atoms with Gasteiger partial charge in [-0.25, -0.2) is 0 Å². The van der Waals surface area contributed by atoms with E-state index in [1.54, 1.807) is 30.4 Å². The number of nitriles is 3. The van der Waals surface area contributed by atoms with Gasteiger partial charge in [-0.05, 0) is 72.2 Å². The molecular weight excluding hydrogens is 702 g/mol. The van der Waals surface area contributed by atoms with Crippen molar-refractivity contribution >= 4 is 20.1 Å². The molecule has 0 saturated carbocycles. The van der Waals surface area contributed by atoms with E-state index in [1.165, 1.54) is 36.4 Å². The molecular formula is C44H49F3N4O2Si. The SMILES string of the molecule is CCN(CCO[Si](C)(C)C(C)(C)C)c1ccc(/C=C/C2=CC(=C\C=C\C3=C(C#N)C(=C(C#N)C#N)OC3(c3ccccc3)C(F)(F)F)/CC(C)(C)C2)cc1. The standard InChI is InChI=1S/C44H49F3N4O2Si/c1-9-51(24-25-52-54(7,8)41(2,3)4)37-22-20-32(21-23-37)18-19-34-26-33(27-42(5,6)28-34)14-13-17-39-38(31-50)40(35(29-48)30-49)53-43(39,44(45,46)47)36-15-11-10-12-16-36/h10-23,26H,9,24-25,27-28H2,1-8H3/b17-13+,19-18+,33-14+. The minimum Gasteiger partial charge on any atom is -0.465 e. The summed E-state index contributed by atoms with van der Waals surface area (Å²) in [6.07, 6.45) is 7.04. The first kappa shape index (κ1) is 41.7. The van der Waals surface area contributed by atoms with Crippen LogP contribution in [-0.4, -0.2) is 34.2 Å². The third-order valence-electron chi connectivity index (χ3n) is 10.3. The van der Waals surface area contributed by atoms with Crippen molar-refractivity contribution in [1.29, 1.82) is 15.8 Å². The van der Waals surface area contributed by atoms with Crippen molar-refractivity contribution in [1.82, 2.24) is 0 Å².